The predicted molar refractivity (Wildman–Crippen MR) is 110 cm³/mol. The molecule has 0 aliphatic heterocycles. The lowest BCUT2D eigenvalue weighted by atomic mass is 9.83. The molecule has 1 N–H and O–H groups in total. The fourth-order valence-electron chi connectivity index (χ4n) is 3.72. The molecule has 1 aliphatic rings. The Morgan fingerprint density at radius 2 is 1.72 bits per heavy atom. The van der Waals surface area contributed by atoms with Gasteiger partial charge in [-0.3, -0.25) is 4.79 Å². The van der Waals surface area contributed by atoms with Crippen LogP contribution in [0.2, 0.25) is 0 Å². The van der Waals surface area contributed by atoms with Crippen LogP contribution in [-0.2, 0) is 16.0 Å². The van der Waals surface area contributed by atoms with Crippen LogP contribution < -0.4 is 5.32 Å². The van der Waals surface area contributed by atoms with Crippen LogP contribution >= 0.6 is 0 Å². The predicted octanol–water partition coefficient (Wildman–Crippen LogP) is 4.17. The first kappa shape index (κ1) is 20.6. The van der Waals surface area contributed by atoms with Gasteiger partial charge in [-0.15, -0.1) is 0 Å². The van der Waals surface area contributed by atoms with Crippen molar-refractivity contribution in [3.8, 4) is 6.07 Å². The zero-order chi connectivity index (χ0) is 20.7. The van der Waals surface area contributed by atoms with E-state index in [1.165, 1.54) is 0 Å². The maximum atomic E-state index is 12.7. The van der Waals surface area contributed by atoms with E-state index in [0.29, 0.717) is 24.8 Å². The van der Waals surface area contributed by atoms with Crippen molar-refractivity contribution in [3.63, 3.8) is 0 Å². The van der Waals surface area contributed by atoms with Gasteiger partial charge in [0.15, 0.2) is 6.10 Å². The standard InChI is InChI=1S/C24H26N2O3/c1-18(22(27)26-24(17-25)14-8-3-9-15-24)29-23(28)21-13-7-6-12-20(21)16-19-10-4-2-5-11-19/h2,4-7,10-13,18H,3,8-9,14-16H2,1H3,(H,26,27)/t18-/m0/s1. The monoisotopic (exact) mass is 390 g/mol. The van der Waals surface area contributed by atoms with Crippen molar-refractivity contribution in [3.05, 3.63) is 71.3 Å². The Morgan fingerprint density at radius 3 is 2.41 bits per heavy atom. The maximum Gasteiger partial charge on any atom is 0.339 e. The Bertz CT molecular complexity index is 896. The molecular formula is C24H26N2O3. The molecule has 1 saturated carbocycles. The highest BCUT2D eigenvalue weighted by Crippen LogP contribution is 2.27. The minimum atomic E-state index is -0.973. The minimum absolute atomic E-state index is 0.428. The third-order valence-electron chi connectivity index (χ3n) is 5.41. The third kappa shape index (κ3) is 5.23. The number of hydrogen-bond acceptors (Lipinski definition) is 4. The van der Waals surface area contributed by atoms with Gasteiger partial charge in [-0.25, -0.2) is 4.79 Å². The highest BCUT2D eigenvalue weighted by atomic mass is 16.5. The van der Waals surface area contributed by atoms with Gasteiger partial charge in [0, 0.05) is 0 Å². The summed E-state index contributed by atoms with van der Waals surface area (Å²) in [6.45, 7) is 1.54. The van der Waals surface area contributed by atoms with Crippen molar-refractivity contribution in [1.82, 2.24) is 5.32 Å². The molecule has 150 valence electrons. The maximum absolute atomic E-state index is 12.7. The Hall–Kier alpha value is -3.13. The van der Waals surface area contributed by atoms with E-state index >= 15 is 0 Å². The second-order valence-electron chi connectivity index (χ2n) is 7.61. The van der Waals surface area contributed by atoms with Gasteiger partial charge in [0.1, 0.15) is 5.54 Å². The van der Waals surface area contributed by atoms with E-state index in [0.717, 1.165) is 30.4 Å². The molecule has 1 atom stereocenters. The van der Waals surface area contributed by atoms with E-state index in [-0.39, 0.29) is 0 Å². The molecule has 2 aromatic rings. The minimum Gasteiger partial charge on any atom is -0.449 e. The number of carbonyl (C=O) groups is 2. The van der Waals surface area contributed by atoms with Gasteiger partial charge >= 0.3 is 5.97 Å². The summed E-state index contributed by atoms with van der Waals surface area (Å²) in [5, 5.41) is 12.4. The summed E-state index contributed by atoms with van der Waals surface area (Å²) < 4.78 is 5.45. The summed E-state index contributed by atoms with van der Waals surface area (Å²) in [6, 6.07) is 19.4. The molecule has 29 heavy (non-hydrogen) atoms. The number of ether oxygens (including phenoxy) is 1. The third-order valence-corrected chi connectivity index (χ3v) is 5.41. The Balaban J connectivity index is 1.67. The van der Waals surface area contributed by atoms with Crippen molar-refractivity contribution in [2.75, 3.05) is 0 Å². The van der Waals surface area contributed by atoms with Crippen molar-refractivity contribution in [2.24, 2.45) is 0 Å². The molecule has 3 rings (SSSR count). The summed E-state index contributed by atoms with van der Waals surface area (Å²) in [5.41, 5.74) is 1.54. The van der Waals surface area contributed by atoms with Gasteiger partial charge in [0.05, 0.1) is 11.6 Å². The lowest BCUT2D eigenvalue weighted by molar-refractivity contribution is -0.130. The topological polar surface area (TPSA) is 79.2 Å². The smallest absolute Gasteiger partial charge is 0.339 e. The molecule has 0 heterocycles. The quantitative estimate of drug-likeness (QED) is 0.751. The van der Waals surface area contributed by atoms with Crippen LogP contribution in [-0.4, -0.2) is 23.5 Å². The van der Waals surface area contributed by atoms with Crippen LogP contribution in [0.15, 0.2) is 54.6 Å². The molecule has 1 fully saturated rings. The van der Waals surface area contributed by atoms with Gasteiger partial charge in [-0.05, 0) is 43.4 Å². The molecule has 5 nitrogen and oxygen atoms in total. The van der Waals surface area contributed by atoms with E-state index in [1.807, 2.05) is 42.5 Å². The molecule has 0 aromatic heterocycles. The molecular weight excluding hydrogens is 364 g/mol. The highest BCUT2D eigenvalue weighted by Gasteiger charge is 2.35. The largest absolute Gasteiger partial charge is 0.449 e. The number of carbonyl (C=O) groups excluding carboxylic acids is 2. The summed E-state index contributed by atoms with van der Waals surface area (Å²) in [5.74, 6) is -0.962. The van der Waals surface area contributed by atoms with Gasteiger partial charge in [-0.2, -0.15) is 5.26 Å². The number of nitrogens with zero attached hydrogens (tertiary/aromatic N) is 1. The molecule has 0 bridgehead atoms. The molecule has 2 aromatic carbocycles. The summed E-state index contributed by atoms with van der Waals surface area (Å²) in [4.78, 5) is 25.3. The zero-order valence-corrected chi connectivity index (χ0v) is 16.7. The fraction of sp³-hybridized carbons (Fsp3) is 0.375. The lowest BCUT2D eigenvalue weighted by Crippen LogP contribution is -2.52. The van der Waals surface area contributed by atoms with Gasteiger partial charge < -0.3 is 10.1 Å². The Morgan fingerprint density at radius 1 is 1.07 bits per heavy atom. The molecule has 0 radical (unpaired) electrons. The fourth-order valence-corrected chi connectivity index (χ4v) is 3.72. The van der Waals surface area contributed by atoms with Crippen LogP contribution in [0.25, 0.3) is 0 Å². The Kier molecular flexibility index (Phi) is 6.66. The number of rotatable bonds is 6. The summed E-state index contributed by atoms with van der Waals surface area (Å²) in [7, 11) is 0. The number of esters is 1. The van der Waals surface area contributed by atoms with E-state index < -0.39 is 23.5 Å². The molecule has 5 heteroatoms. The zero-order valence-electron chi connectivity index (χ0n) is 16.7. The van der Waals surface area contributed by atoms with Crippen molar-refractivity contribution in [2.45, 2.75) is 57.1 Å². The first-order chi connectivity index (χ1) is 14.0. The van der Waals surface area contributed by atoms with Crippen LogP contribution in [0.3, 0.4) is 0 Å². The molecule has 0 saturated heterocycles. The molecule has 0 spiro atoms. The van der Waals surface area contributed by atoms with Crippen LogP contribution in [0, 0.1) is 11.3 Å². The van der Waals surface area contributed by atoms with E-state index in [4.69, 9.17) is 4.74 Å². The van der Waals surface area contributed by atoms with Gasteiger partial charge in [0.25, 0.3) is 5.91 Å². The summed E-state index contributed by atoms with van der Waals surface area (Å²) >= 11 is 0. The van der Waals surface area contributed by atoms with Crippen molar-refractivity contribution in [1.29, 1.82) is 5.26 Å². The van der Waals surface area contributed by atoms with Gasteiger partial charge in [-0.1, -0.05) is 67.8 Å². The van der Waals surface area contributed by atoms with Crippen LogP contribution in [0.4, 0.5) is 0 Å². The summed E-state index contributed by atoms with van der Waals surface area (Å²) in [6.07, 6.45) is 3.79. The molecule has 0 unspecified atom stereocenters. The van der Waals surface area contributed by atoms with E-state index in [2.05, 4.69) is 11.4 Å². The van der Waals surface area contributed by atoms with Crippen molar-refractivity contribution < 1.29 is 14.3 Å². The normalized spacial score (nSPS) is 16.3. The van der Waals surface area contributed by atoms with Gasteiger partial charge in [0.2, 0.25) is 0 Å². The number of nitriles is 1. The Labute approximate surface area is 171 Å². The molecule has 1 amide bonds. The second-order valence-corrected chi connectivity index (χ2v) is 7.61. The lowest BCUT2D eigenvalue weighted by Gasteiger charge is -2.32. The van der Waals surface area contributed by atoms with E-state index in [9.17, 15) is 14.9 Å². The van der Waals surface area contributed by atoms with Crippen molar-refractivity contribution >= 4 is 11.9 Å². The SMILES string of the molecule is C[C@H](OC(=O)c1ccccc1Cc1ccccc1)C(=O)NC1(C#N)CCCCC1. The van der Waals surface area contributed by atoms with Crippen LogP contribution in [0.1, 0.15) is 60.5 Å². The second kappa shape index (κ2) is 9.38. The number of benzene rings is 2. The average Bonchev–Trinajstić information content (AvgIpc) is 2.75. The average molecular weight is 390 g/mol. The highest BCUT2D eigenvalue weighted by molar-refractivity contribution is 5.93. The van der Waals surface area contributed by atoms with E-state index in [1.54, 1.807) is 19.1 Å². The number of amides is 1. The number of hydrogen-bond donors (Lipinski definition) is 1. The number of nitrogens with one attached hydrogen (secondary N) is 1. The first-order valence-corrected chi connectivity index (χ1v) is 10.1. The molecule has 1 aliphatic carbocycles. The van der Waals surface area contributed by atoms with Crippen LogP contribution in [0.5, 0.6) is 0 Å². The first-order valence-electron chi connectivity index (χ1n) is 10.1.